The fourth-order valence-electron chi connectivity index (χ4n) is 0.733. The van der Waals surface area contributed by atoms with Gasteiger partial charge in [-0.15, -0.1) is 5.28 Å². The van der Waals surface area contributed by atoms with Crippen molar-refractivity contribution in [3.63, 3.8) is 0 Å². The highest BCUT2D eigenvalue weighted by Gasteiger charge is 1.93. The third-order valence-corrected chi connectivity index (χ3v) is 1.25. The molecule has 11 heavy (non-hydrogen) atoms. The van der Waals surface area contributed by atoms with Crippen LogP contribution in [0.2, 0.25) is 0 Å². The number of nitrogens with two attached hydrogens (primary N) is 1. The summed E-state index contributed by atoms with van der Waals surface area (Å²) in [6.45, 7) is 1.98. The molecule has 1 atom stereocenters. The molecule has 0 heterocycles. The molecule has 1 rings (SSSR count). The van der Waals surface area contributed by atoms with E-state index in [1.54, 1.807) is 12.1 Å². The summed E-state index contributed by atoms with van der Waals surface area (Å²) in [5, 5.41) is -0.283. The van der Waals surface area contributed by atoms with Crippen molar-refractivity contribution in [1.82, 2.24) is 0 Å². The van der Waals surface area contributed by atoms with E-state index in [1.165, 1.54) is 0 Å². The molecule has 0 aromatic heterocycles. The van der Waals surface area contributed by atoms with Gasteiger partial charge in [0.1, 0.15) is 0 Å². The van der Waals surface area contributed by atoms with Crippen LogP contribution in [0.15, 0.2) is 24.3 Å². The minimum Gasteiger partial charge on any atom is -0.403 e. The first-order valence-corrected chi connectivity index (χ1v) is 3.27. The van der Waals surface area contributed by atoms with Crippen molar-refractivity contribution in [1.29, 1.82) is 0 Å². The smallest absolute Gasteiger partial charge is 0.191 e. The molecule has 4 heteroatoms. The molecule has 0 aliphatic carbocycles. The average molecular weight is 153 g/mol. The van der Waals surface area contributed by atoms with E-state index in [-0.39, 0.29) is 5.28 Å². The topological polar surface area (TPSA) is 63.5 Å². The molecule has 1 aromatic rings. The van der Waals surface area contributed by atoms with Gasteiger partial charge in [-0.2, -0.15) is 5.84 Å². The number of nitrogens with one attached hydrogen (secondary N) is 2. The van der Waals surface area contributed by atoms with E-state index >= 15 is 0 Å². The highest BCUT2D eigenvalue weighted by molar-refractivity contribution is 5.25. The Morgan fingerprint density at radius 3 is 2.36 bits per heavy atom. The lowest BCUT2D eigenvalue weighted by Crippen LogP contribution is -3.13. The number of hydrogen-bond donors (Lipinski definition) is 2. The van der Waals surface area contributed by atoms with E-state index < -0.39 is 0 Å². The van der Waals surface area contributed by atoms with Gasteiger partial charge < -0.3 is 10.7 Å². The van der Waals surface area contributed by atoms with Crippen molar-refractivity contribution in [2.24, 2.45) is 5.84 Å². The molecule has 0 aliphatic heterocycles. The van der Waals surface area contributed by atoms with E-state index in [0.29, 0.717) is 5.75 Å². The van der Waals surface area contributed by atoms with E-state index in [1.807, 2.05) is 19.1 Å². The van der Waals surface area contributed by atoms with Crippen molar-refractivity contribution in [3.05, 3.63) is 35.7 Å². The first-order chi connectivity index (χ1) is 5.18. The Kier molecular flexibility index (Phi) is 2.43. The summed E-state index contributed by atoms with van der Waals surface area (Å²) in [4.78, 5) is 4.83. The van der Waals surface area contributed by atoms with Gasteiger partial charge >= 0.3 is 0 Å². The molecule has 0 radical (unpaired) electrons. The van der Waals surface area contributed by atoms with Gasteiger partial charge in [-0.3, -0.25) is 0 Å². The van der Waals surface area contributed by atoms with Crippen LogP contribution in [-0.4, -0.2) is 0 Å². The van der Waals surface area contributed by atoms with Gasteiger partial charge in [0.2, 0.25) is 0 Å². The summed E-state index contributed by atoms with van der Waals surface area (Å²) in [5.74, 6) is 12.5. The number of hydrogen-bond acceptors (Lipinski definition) is 2. The fourth-order valence-corrected chi connectivity index (χ4v) is 0.733. The molecule has 4 nitrogen and oxygen atoms in total. The molecule has 0 fully saturated rings. The van der Waals surface area contributed by atoms with Crippen LogP contribution < -0.4 is 16.0 Å². The summed E-state index contributed by atoms with van der Waals surface area (Å²) in [5.41, 5.74) is 1.15. The zero-order valence-electron chi connectivity index (χ0n) is 6.29. The Morgan fingerprint density at radius 2 is 1.91 bits per heavy atom. The minimum atomic E-state index is -0.283. The number of rotatable bonds is 2. The van der Waals surface area contributed by atoms with Crippen LogP contribution in [0.5, 0.6) is 5.75 Å². The normalized spacial score (nSPS) is 12.6. The van der Waals surface area contributed by atoms with E-state index in [0.717, 1.165) is 5.56 Å². The molecule has 0 saturated heterocycles. The van der Waals surface area contributed by atoms with Crippen LogP contribution >= 0.6 is 0 Å². The molecular formula is C7H11N3O. The zero-order valence-corrected chi connectivity index (χ0v) is 6.29. The van der Waals surface area contributed by atoms with Crippen molar-refractivity contribution in [3.8, 4) is 5.75 Å². The Labute approximate surface area is 65.2 Å². The summed E-state index contributed by atoms with van der Waals surface area (Å²) >= 11 is 0. The van der Waals surface area contributed by atoms with Gasteiger partial charge in [0, 0.05) is 0 Å². The lowest BCUT2D eigenvalue weighted by Gasteiger charge is -2.12. The summed E-state index contributed by atoms with van der Waals surface area (Å²) in [6.07, 6.45) is 0. The van der Waals surface area contributed by atoms with Crippen molar-refractivity contribution >= 4 is 0 Å². The first kappa shape index (κ1) is 8.00. The molecule has 60 valence electrons. The second-order valence-electron chi connectivity index (χ2n) is 2.28. The predicted octanol–water partition coefficient (Wildman–Crippen LogP) is 0.0146. The van der Waals surface area contributed by atoms with Crippen molar-refractivity contribution in [2.75, 3.05) is 0 Å². The Bertz CT molecular complexity index is 220. The lowest BCUT2D eigenvalue weighted by molar-refractivity contribution is -1.03. The van der Waals surface area contributed by atoms with Crippen molar-refractivity contribution in [2.45, 2.75) is 6.92 Å². The fraction of sp³-hybridized carbons (Fsp3) is 0.143. The maximum Gasteiger partial charge on any atom is 0.191 e. The Hall–Kier alpha value is -1.10. The number of quaternary nitrogens is 1. The van der Waals surface area contributed by atoms with Crippen LogP contribution in [0.1, 0.15) is 5.56 Å². The van der Waals surface area contributed by atoms with Crippen LogP contribution in [0.4, 0.5) is 0 Å². The Balaban J connectivity index is 2.66. The molecular weight excluding hydrogens is 142 g/mol. The van der Waals surface area contributed by atoms with Gasteiger partial charge in [0.25, 0.3) is 0 Å². The van der Waals surface area contributed by atoms with Crippen LogP contribution in [-0.2, 0) is 0 Å². The lowest BCUT2D eigenvalue weighted by atomic mass is 10.2. The number of aryl methyl sites for hydroxylation is 1. The average Bonchev–Trinajstić information content (AvgIpc) is 1.93. The predicted molar refractivity (Wildman–Crippen MR) is 41.3 cm³/mol. The summed E-state index contributed by atoms with van der Waals surface area (Å²) in [7, 11) is 0. The van der Waals surface area contributed by atoms with E-state index in [4.69, 9.17) is 16.5 Å². The third kappa shape index (κ3) is 2.55. The molecule has 4 N–H and O–H groups in total. The number of benzene rings is 1. The van der Waals surface area contributed by atoms with Crippen LogP contribution in [0.25, 0.3) is 5.84 Å². The van der Waals surface area contributed by atoms with Gasteiger partial charge in [-0.25, -0.2) is 0 Å². The molecule has 0 aliphatic rings. The van der Waals surface area contributed by atoms with Crippen LogP contribution in [0.3, 0.4) is 0 Å². The monoisotopic (exact) mass is 153 g/mol. The highest BCUT2D eigenvalue weighted by atomic mass is 16.7. The molecule has 0 bridgehead atoms. The maximum atomic E-state index is 6.84. The largest absolute Gasteiger partial charge is 0.403 e. The Morgan fingerprint density at radius 1 is 1.36 bits per heavy atom. The molecule has 1 aromatic carbocycles. The molecule has 0 spiro atoms. The van der Waals surface area contributed by atoms with Crippen molar-refractivity contribution < 1.29 is 10.1 Å². The maximum absolute atomic E-state index is 6.84. The second-order valence-corrected chi connectivity index (χ2v) is 2.28. The van der Waals surface area contributed by atoms with Gasteiger partial charge in [0.15, 0.2) is 5.75 Å². The third-order valence-electron chi connectivity index (χ3n) is 1.25. The van der Waals surface area contributed by atoms with E-state index in [9.17, 15) is 0 Å². The van der Waals surface area contributed by atoms with Gasteiger partial charge in [0.05, 0.1) is 0 Å². The standard InChI is InChI=1S/C7H11N3O/c1-6-2-4-7(5-3-6)11-10(8)9/h2-5,8,10H,9H2,1H3. The van der Waals surface area contributed by atoms with Gasteiger partial charge in [-0.1, -0.05) is 17.7 Å². The summed E-state index contributed by atoms with van der Waals surface area (Å²) in [6, 6.07) is 7.35. The quantitative estimate of drug-likeness (QED) is 0.464. The molecule has 1 unspecified atom stereocenters. The minimum absolute atomic E-state index is 0.283. The summed E-state index contributed by atoms with van der Waals surface area (Å²) < 4.78 is 0. The second kappa shape index (κ2) is 3.34. The molecule has 0 saturated carbocycles. The highest BCUT2D eigenvalue weighted by Crippen LogP contribution is 2.08. The zero-order chi connectivity index (χ0) is 8.27. The molecule has 0 amide bonds. The first-order valence-electron chi connectivity index (χ1n) is 3.27. The van der Waals surface area contributed by atoms with Crippen LogP contribution in [0, 0.1) is 6.92 Å². The van der Waals surface area contributed by atoms with E-state index in [2.05, 4.69) is 0 Å². The van der Waals surface area contributed by atoms with Gasteiger partial charge in [-0.05, 0) is 19.1 Å². The SMILES string of the molecule is Cc1ccc(O[NH+]([NH-])N)cc1.